The van der Waals surface area contributed by atoms with Crippen molar-refractivity contribution < 1.29 is 0 Å². The molecule has 0 aromatic carbocycles. The monoisotopic (exact) mass is 251 g/mol. The zero-order chi connectivity index (χ0) is 12.6. The molecule has 0 aromatic heterocycles. The molecule has 2 atom stereocenters. The predicted molar refractivity (Wildman–Crippen MR) is 75.6 cm³/mol. The summed E-state index contributed by atoms with van der Waals surface area (Å²) in [6, 6.07) is 0.854. The molecule has 18 heavy (non-hydrogen) atoms. The third-order valence-corrected chi connectivity index (χ3v) is 5.57. The Balaban J connectivity index is 1.57. The van der Waals surface area contributed by atoms with Crippen molar-refractivity contribution in [3.05, 3.63) is 0 Å². The summed E-state index contributed by atoms with van der Waals surface area (Å²) in [5.41, 5.74) is 6.68. The molecule has 1 saturated carbocycles. The summed E-state index contributed by atoms with van der Waals surface area (Å²) < 4.78 is 0. The van der Waals surface area contributed by atoms with Crippen molar-refractivity contribution in [2.24, 2.45) is 11.7 Å². The Bertz CT molecular complexity index is 285. The quantitative estimate of drug-likeness (QED) is 0.810. The topological polar surface area (TPSA) is 32.5 Å². The van der Waals surface area contributed by atoms with Gasteiger partial charge in [0.25, 0.3) is 0 Å². The molecule has 1 aliphatic carbocycles. The minimum Gasteiger partial charge on any atom is -0.324 e. The van der Waals surface area contributed by atoms with Gasteiger partial charge in [0.15, 0.2) is 0 Å². The van der Waals surface area contributed by atoms with Crippen LogP contribution in [0.5, 0.6) is 0 Å². The molecule has 0 radical (unpaired) electrons. The first-order chi connectivity index (χ1) is 8.66. The number of hydrogen-bond acceptors (Lipinski definition) is 3. The van der Waals surface area contributed by atoms with Crippen LogP contribution in [0.15, 0.2) is 0 Å². The van der Waals surface area contributed by atoms with E-state index in [2.05, 4.69) is 16.8 Å². The van der Waals surface area contributed by atoms with Gasteiger partial charge in [0.05, 0.1) is 0 Å². The van der Waals surface area contributed by atoms with E-state index >= 15 is 0 Å². The second-order valence-electron chi connectivity index (χ2n) is 7.04. The van der Waals surface area contributed by atoms with Crippen LogP contribution in [0.4, 0.5) is 0 Å². The molecule has 2 heterocycles. The fraction of sp³-hybridized carbons (Fsp3) is 1.00. The second-order valence-corrected chi connectivity index (χ2v) is 7.04. The Morgan fingerprint density at radius 2 is 1.89 bits per heavy atom. The fourth-order valence-electron chi connectivity index (χ4n) is 4.55. The van der Waals surface area contributed by atoms with Gasteiger partial charge in [-0.05, 0) is 58.2 Å². The van der Waals surface area contributed by atoms with Gasteiger partial charge in [0.2, 0.25) is 0 Å². The smallest absolute Gasteiger partial charge is 0.0283 e. The molecule has 0 spiro atoms. The zero-order valence-corrected chi connectivity index (χ0v) is 11.9. The number of nitrogens with zero attached hydrogens (tertiary/aromatic N) is 2. The molecule has 104 valence electrons. The molecule has 2 saturated heterocycles. The van der Waals surface area contributed by atoms with Gasteiger partial charge in [-0.25, -0.2) is 0 Å². The summed E-state index contributed by atoms with van der Waals surface area (Å²) in [6.45, 7) is 5.03. The highest BCUT2D eigenvalue weighted by Gasteiger charge is 2.37. The van der Waals surface area contributed by atoms with E-state index in [0.717, 1.165) is 18.5 Å². The first-order valence-electron chi connectivity index (χ1n) is 7.88. The summed E-state index contributed by atoms with van der Waals surface area (Å²) in [7, 11) is 2.31. The van der Waals surface area contributed by atoms with E-state index in [1.807, 2.05) is 0 Å². The van der Waals surface area contributed by atoms with E-state index < -0.39 is 0 Å². The van der Waals surface area contributed by atoms with Crippen molar-refractivity contribution in [3.63, 3.8) is 0 Å². The molecule has 3 fully saturated rings. The number of hydrogen-bond donors (Lipinski definition) is 1. The second kappa shape index (κ2) is 5.10. The lowest BCUT2D eigenvalue weighted by Crippen LogP contribution is -2.56. The lowest BCUT2D eigenvalue weighted by atomic mass is 9.83. The van der Waals surface area contributed by atoms with Crippen LogP contribution in [-0.2, 0) is 0 Å². The van der Waals surface area contributed by atoms with Crippen LogP contribution in [-0.4, -0.2) is 54.6 Å². The first kappa shape index (κ1) is 12.9. The maximum absolute atomic E-state index is 6.53. The molecule has 2 unspecified atom stereocenters. The molecule has 0 amide bonds. The molecule has 2 aliphatic heterocycles. The van der Waals surface area contributed by atoms with Crippen molar-refractivity contribution >= 4 is 0 Å². The van der Waals surface area contributed by atoms with Crippen LogP contribution in [0.25, 0.3) is 0 Å². The minimum atomic E-state index is 0.146. The molecule has 0 aromatic rings. The molecule has 3 rings (SSSR count). The highest BCUT2D eigenvalue weighted by Crippen LogP contribution is 2.33. The van der Waals surface area contributed by atoms with Gasteiger partial charge in [-0.1, -0.05) is 12.8 Å². The Morgan fingerprint density at radius 1 is 1.11 bits per heavy atom. The van der Waals surface area contributed by atoms with Crippen molar-refractivity contribution in [1.82, 2.24) is 9.80 Å². The van der Waals surface area contributed by atoms with Gasteiger partial charge in [-0.15, -0.1) is 0 Å². The van der Waals surface area contributed by atoms with Gasteiger partial charge in [0.1, 0.15) is 0 Å². The highest BCUT2D eigenvalue weighted by molar-refractivity contribution is 4.95. The van der Waals surface area contributed by atoms with E-state index in [1.165, 1.54) is 64.6 Å². The highest BCUT2D eigenvalue weighted by atomic mass is 15.2. The zero-order valence-electron chi connectivity index (χ0n) is 11.9. The predicted octanol–water partition coefficient (Wildman–Crippen LogP) is 1.67. The number of piperidine rings is 2. The van der Waals surface area contributed by atoms with Crippen LogP contribution < -0.4 is 5.73 Å². The summed E-state index contributed by atoms with van der Waals surface area (Å²) in [4.78, 5) is 5.27. The van der Waals surface area contributed by atoms with E-state index in [4.69, 9.17) is 5.73 Å². The van der Waals surface area contributed by atoms with Crippen LogP contribution in [0.3, 0.4) is 0 Å². The molecular weight excluding hydrogens is 222 g/mol. The number of fused-ring (bicyclic) bond motifs is 1. The van der Waals surface area contributed by atoms with Crippen LogP contribution in [0.2, 0.25) is 0 Å². The molecule has 3 aliphatic rings. The molecule has 2 N–H and O–H groups in total. The minimum absolute atomic E-state index is 0.146. The standard InChI is InChI=1S/C15H29N3/c1-17-9-4-5-13-11-18(10-6-14(13)17)12-15(16)7-2-3-8-15/h13-14H,2-12,16H2,1H3. The summed E-state index contributed by atoms with van der Waals surface area (Å²) in [5.74, 6) is 0.905. The van der Waals surface area contributed by atoms with Crippen LogP contribution in [0.1, 0.15) is 44.9 Å². The maximum Gasteiger partial charge on any atom is 0.0283 e. The molecule has 3 heteroatoms. The van der Waals surface area contributed by atoms with E-state index in [1.54, 1.807) is 0 Å². The number of nitrogens with two attached hydrogens (primary N) is 1. The number of rotatable bonds is 2. The Morgan fingerprint density at radius 3 is 2.67 bits per heavy atom. The fourth-order valence-corrected chi connectivity index (χ4v) is 4.55. The van der Waals surface area contributed by atoms with Crippen LogP contribution >= 0.6 is 0 Å². The van der Waals surface area contributed by atoms with Crippen molar-refractivity contribution in [2.75, 3.05) is 33.2 Å². The first-order valence-corrected chi connectivity index (χ1v) is 7.88. The van der Waals surface area contributed by atoms with Gasteiger partial charge in [0, 0.05) is 24.7 Å². The van der Waals surface area contributed by atoms with Crippen molar-refractivity contribution in [2.45, 2.75) is 56.5 Å². The average Bonchev–Trinajstić information content (AvgIpc) is 2.76. The van der Waals surface area contributed by atoms with Gasteiger partial charge < -0.3 is 15.5 Å². The average molecular weight is 251 g/mol. The largest absolute Gasteiger partial charge is 0.324 e. The summed E-state index contributed by atoms with van der Waals surface area (Å²) >= 11 is 0. The maximum atomic E-state index is 6.53. The lowest BCUT2D eigenvalue weighted by molar-refractivity contribution is 0.0300. The Labute approximate surface area is 112 Å². The Hall–Kier alpha value is -0.120. The number of likely N-dealkylation sites (tertiary alicyclic amines) is 2. The Kier molecular flexibility index (Phi) is 3.65. The van der Waals surface area contributed by atoms with E-state index in [-0.39, 0.29) is 5.54 Å². The van der Waals surface area contributed by atoms with Crippen molar-refractivity contribution in [3.8, 4) is 0 Å². The summed E-state index contributed by atoms with van der Waals surface area (Å²) in [6.07, 6.45) is 9.37. The van der Waals surface area contributed by atoms with E-state index in [9.17, 15) is 0 Å². The third-order valence-electron chi connectivity index (χ3n) is 5.57. The normalized spacial score (nSPS) is 37.7. The summed E-state index contributed by atoms with van der Waals surface area (Å²) in [5, 5.41) is 0. The molecule has 3 nitrogen and oxygen atoms in total. The van der Waals surface area contributed by atoms with Gasteiger partial charge >= 0.3 is 0 Å². The van der Waals surface area contributed by atoms with Crippen molar-refractivity contribution in [1.29, 1.82) is 0 Å². The SMILES string of the molecule is CN1CCCC2CN(CC3(N)CCCC3)CCC21. The van der Waals surface area contributed by atoms with E-state index in [0.29, 0.717) is 0 Å². The van der Waals surface area contributed by atoms with Gasteiger partial charge in [-0.2, -0.15) is 0 Å². The van der Waals surface area contributed by atoms with Crippen LogP contribution in [0, 0.1) is 5.92 Å². The third kappa shape index (κ3) is 2.59. The molecular formula is C15H29N3. The lowest BCUT2D eigenvalue weighted by Gasteiger charge is -2.47. The molecule has 0 bridgehead atoms. The van der Waals surface area contributed by atoms with Gasteiger partial charge in [-0.3, -0.25) is 0 Å².